The predicted octanol–water partition coefficient (Wildman–Crippen LogP) is 3.22. The molecule has 0 N–H and O–H groups in total. The number of carbonyl (C=O) groups is 1. The summed E-state index contributed by atoms with van der Waals surface area (Å²) in [6, 6.07) is 7.30. The van der Waals surface area contributed by atoms with Crippen LogP contribution in [-0.2, 0) is 16.0 Å². The summed E-state index contributed by atoms with van der Waals surface area (Å²) in [7, 11) is 0. The summed E-state index contributed by atoms with van der Waals surface area (Å²) in [6.45, 7) is 3.86. The molecule has 82 valence electrons. The molecule has 0 radical (unpaired) electrons. The highest BCUT2D eigenvalue weighted by Gasteiger charge is 2.10. The van der Waals surface area contributed by atoms with Gasteiger partial charge in [-0.1, -0.05) is 36.7 Å². The van der Waals surface area contributed by atoms with E-state index < -0.39 is 0 Å². The smallest absolute Gasteiger partial charge is 0.310 e. The van der Waals surface area contributed by atoms with Crippen molar-refractivity contribution in [2.75, 3.05) is 0 Å². The molecule has 15 heavy (non-hydrogen) atoms. The van der Waals surface area contributed by atoms with Gasteiger partial charge in [0.2, 0.25) is 0 Å². The van der Waals surface area contributed by atoms with Crippen molar-refractivity contribution in [1.29, 1.82) is 0 Å². The van der Waals surface area contributed by atoms with Crippen molar-refractivity contribution in [2.24, 2.45) is 0 Å². The van der Waals surface area contributed by atoms with E-state index in [2.05, 4.69) is 0 Å². The van der Waals surface area contributed by atoms with Gasteiger partial charge in [-0.3, -0.25) is 4.79 Å². The molecule has 0 saturated carbocycles. The number of esters is 1. The lowest BCUT2D eigenvalue weighted by molar-refractivity contribution is -0.147. The Morgan fingerprint density at radius 1 is 1.47 bits per heavy atom. The normalized spacial score (nSPS) is 12.2. The van der Waals surface area contributed by atoms with Gasteiger partial charge in [-0.25, -0.2) is 0 Å². The fourth-order valence-electron chi connectivity index (χ4n) is 1.15. The molecule has 3 heteroatoms. The van der Waals surface area contributed by atoms with Crippen molar-refractivity contribution in [2.45, 2.75) is 32.8 Å². The Bertz CT molecular complexity index is 336. The molecule has 0 aliphatic rings. The Morgan fingerprint density at radius 3 is 2.73 bits per heavy atom. The molecule has 2 nitrogen and oxygen atoms in total. The Balaban J connectivity index is 2.55. The molecule has 1 unspecified atom stereocenters. The average molecular weight is 227 g/mol. The van der Waals surface area contributed by atoms with Crippen molar-refractivity contribution < 1.29 is 9.53 Å². The maximum absolute atomic E-state index is 11.5. The number of hydrogen-bond acceptors (Lipinski definition) is 2. The van der Waals surface area contributed by atoms with E-state index in [0.29, 0.717) is 5.02 Å². The monoisotopic (exact) mass is 226 g/mol. The lowest BCUT2D eigenvalue weighted by atomic mass is 10.1. The van der Waals surface area contributed by atoms with Gasteiger partial charge in [0.1, 0.15) is 0 Å². The first-order valence-electron chi connectivity index (χ1n) is 5.06. The molecule has 1 aromatic rings. The SMILES string of the molecule is CCC(C)OC(=O)Cc1ccccc1Cl. The zero-order chi connectivity index (χ0) is 11.3. The molecule has 1 rings (SSSR count). The first-order chi connectivity index (χ1) is 7.13. The molecule has 0 saturated heterocycles. The van der Waals surface area contributed by atoms with E-state index in [1.54, 1.807) is 6.07 Å². The minimum absolute atomic E-state index is 0.0278. The maximum atomic E-state index is 11.5. The van der Waals surface area contributed by atoms with Gasteiger partial charge < -0.3 is 4.74 Å². The molecule has 0 heterocycles. The van der Waals surface area contributed by atoms with Gasteiger partial charge in [0, 0.05) is 5.02 Å². The van der Waals surface area contributed by atoms with Gasteiger partial charge >= 0.3 is 5.97 Å². The second-order valence-corrected chi connectivity index (χ2v) is 3.88. The summed E-state index contributed by atoms with van der Waals surface area (Å²) >= 11 is 5.93. The third-order valence-corrected chi connectivity index (χ3v) is 2.57. The zero-order valence-electron chi connectivity index (χ0n) is 9.00. The van der Waals surface area contributed by atoms with Crippen molar-refractivity contribution in [3.8, 4) is 0 Å². The van der Waals surface area contributed by atoms with Crippen molar-refractivity contribution in [1.82, 2.24) is 0 Å². The van der Waals surface area contributed by atoms with Crippen LogP contribution in [0.15, 0.2) is 24.3 Å². The Hall–Kier alpha value is -1.02. The van der Waals surface area contributed by atoms with Crippen LogP contribution >= 0.6 is 11.6 Å². The van der Waals surface area contributed by atoms with Gasteiger partial charge in [-0.05, 0) is 25.0 Å². The predicted molar refractivity (Wildman–Crippen MR) is 61.0 cm³/mol. The number of benzene rings is 1. The molecule has 0 fully saturated rings. The van der Waals surface area contributed by atoms with Gasteiger partial charge in [0.15, 0.2) is 0 Å². The third kappa shape index (κ3) is 3.92. The van der Waals surface area contributed by atoms with Crippen LogP contribution in [0.2, 0.25) is 5.02 Å². The number of rotatable bonds is 4. The van der Waals surface area contributed by atoms with Crippen LogP contribution in [0.5, 0.6) is 0 Å². The average Bonchev–Trinajstić information content (AvgIpc) is 2.21. The summed E-state index contributed by atoms with van der Waals surface area (Å²) in [5.74, 6) is -0.225. The number of ether oxygens (including phenoxy) is 1. The van der Waals surface area contributed by atoms with Gasteiger partial charge in [0.25, 0.3) is 0 Å². The summed E-state index contributed by atoms with van der Waals surface area (Å²) in [5.41, 5.74) is 0.812. The fraction of sp³-hybridized carbons (Fsp3) is 0.417. The Labute approximate surface area is 95.2 Å². The topological polar surface area (TPSA) is 26.3 Å². The van der Waals surface area contributed by atoms with Crippen molar-refractivity contribution >= 4 is 17.6 Å². The molecule has 0 aliphatic heterocycles. The maximum Gasteiger partial charge on any atom is 0.310 e. The minimum Gasteiger partial charge on any atom is -0.462 e. The summed E-state index contributed by atoms with van der Waals surface area (Å²) in [6.07, 6.45) is 1.04. The molecule has 1 atom stereocenters. The van der Waals surface area contributed by atoms with Crippen LogP contribution in [-0.4, -0.2) is 12.1 Å². The summed E-state index contributed by atoms with van der Waals surface area (Å²) in [4.78, 5) is 11.5. The molecule has 0 bridgehead atoms. The Morgan fingerprint density at radius 2 is 2.13 bits per heavy atom. The molecule has 1 aromatic carbocycles. The van der Waals surface area contributed by atoms with E-state index in [1.165, 1.54) is 0 Å². The van der Waals surface area contributed by atoms with Crippen LogP contribution < -0.4 is 0 Å². The standard InChI is InChI=1S/C12H15ClO2/c1-3-9(2)15-12(14)8-10-6-4-5-7-11(10)13/h4-7,9H,3,8H2,1-2H3. The number of carbonyl (C=O) groups excluding carboxylic acids is 1. The molecular formula is C12H15ClO2. The van der Waals surface area contributed by atoms with E-state index in [-0.39, 0.29) is 18.5 Å². The van der Waals surface area contributed by atoms with Gasteiger partial charge in [-0.2, -0.15) is 0 Å². The molecule has 0 spiro atoms. The van der Waals surface area contributed by atoms with Crippen LogP contribution in [0, 0.1) is 0 Å². The lowest BCUT2D eigenvalue weighted by Gasteiger charge is -2.11. The second kappa shape index (κ2) is 5.76. The first kappa shape index (κ1) is 12.1. The largest absolute Gasteiger partial charge is 0.462 e. The number of halogens is 1. The highest BCUT2D eigenvalue weighted by Crippen LogP contribution is 2.16. The first-order valence-corrected chi connectivity index (χ1v) is 5.44. The molecule has 0 aromatic heterocycles. The van der Waals surface area contributed by atoms with Crippen LogP contribution in [0.3, 0.4) is 0 Å². The van der Waals surface area contributed by atoms with E-state index in [4.69, 9.17) is 16.3 Å². The van der Waals surface area contributed by atoms with E-state index in [9.17, 15) is 4.79 Å². The quantitative estimate of drug-likeness (QED) is 0.737. The number of hydrogen-bond donors (Lipinski definition) is 0. The van der Waals surface area contributed by atoms with Crippen LogP contribution in [0.1, 0.15) is 25.8 Å². The molecular weight excluding hydrogens is 212 g/mol. The molecule has 0 aliphatic carbocycles. The molecule has 0 amide bonds. The lowest BCUT2D eigenvalue weighted by Crippen LogP contribution is -2.15. The minimum atomic E-state index is -0.225. The Kier molecular flexibility index (Phi) is 4.63. The van der Waals surface area contributed by atoms with E-state index in [0.717, 1.165) is 12.0 Å². The summed E-state index contributed by atoms with van der Waals surface area (Å²) in [5, 5.41) is 0.610. The van der Waals surface area contributed by atoms with E-state index in [1.807, 2.05) is 32.0 Å². The van der Waals surface area contributed by atoms with Crippen LogP contribution in [0.4, 0.5) is 0 Å². The van der Waals surface area contributed by atoms with Crippen molar-refractivity contribution in [3.05, 3.63) is 34.9 Å². The highest BCUT2D eigenvalue weighted by molar-refractivity contribution is 6.31. The second-order valence-electron chi connectivity index (χ2n) is 3.48. The zero-order valence-corrected chi connectivity index (χ0v) is 9.75. The van der Waals surface area contributed by atoms with Gasteiger partial charge in [0.05, 0.1) is 12.5 Å². The summed E-state index contributed by atoms with van der Waals surface area (Å²) < 4.78 is 5.16. The highest BCUT2D eigenvalue weighted by atomic mass is 35.5. The van der Waals surface area contributed by atoms with Crippen LogP contribution in [0.25, 0.3) is 0 Å². The third-order valence-electron chi connectivity index (χ3n) is 2.20. The van der Waals surface area contributed by atoms with Gasteiger partial charge in [-0.15, -0.1) is 0 Å². The van der Waals surface area contributed by atoms with Crippen molar-refractivity contribution in [3.63, 3.8) is 0 Å². The van der Waals surface area contributed by atoms with E-state index >= 15 is 0 Å². The fourth-order valence-corrected chi connectivity index (χ4v) is 1.35.